The van der Waals surface area contributed by atoms with Gasteiger partial charge in [0.15, 0.2) is 0 Å². The molecule has 0 spiro atoms. The van der Waals surface area contributed by atoms with Gasteiger partial charge in [-0.05, 0) is 19.4 Å². The molecular formula is C9H9N3. The van der Waals surface area contributed by atoms with E-state index in [1.807, 2.05) is 13.8 Å². The minimum absolute atomic E-state index is 0.998. The van der Waals surface area contributed by atoms with Crippen LogP contribution in [-0.2, 0) is 0 Å². The first kappa shape index (κ1) is 7.16. The smallest absolute Gasteiger partial charge is 0.116 e. The van der Waals surface area contributed by atoms with Gasteiger partial charge in [0, 0.05) is 23.5 Å². The molecule has 0 saturated heterocycles. The maximum atomic E-state index is 4.23. The Morgan fingerprint density at radius 2 is 1.92 bits per heavy atom. The van der Waals surface area contributed by atoms with Gasteiger partial charge in [-0.25, -0.2) is 9.97 Å². The van der Waals surface area contributed by atoms with Crippen molar-refractivity contribution in [3.8, 4) is 0 Å². The molecule has 2 aromatic heterocycles. The summed E-state index contributed by atoms with van der Waals surface area (Å²) in [6.45, 7) is 4.01. The van der Waals surface area contributed by atoms with Crippen LogP contribution in [0.15, 0.2) is 18.7 Å². The lowest BCUT2D eigenvalue weighted by molar-refractivity contribution is 1.14. The summed E-state index contributed by atoms with van der Waals surface area (Å²) in [4.78, 5) is 12.3. The van der Waals surface area contributed by atoms with Crippen molar-refractivity contribution < 1.29 is 0 Å². The van der Waals surface area contributed by atoms with Gasteiger partial charge in [-0.2, -0.15) is 0 Å². The number of aryl methyl sites for hydroxylation is 2. The van der Waals surface area contributed by atoms with Crippen molar-refractivity contribution in [2.45, 2.75) is 13.8 Å². The molecule has 0 atom stereocenters. The lowest BCUT2D eigenvalue weighted by Gasteiger charge is -2.01. The lowest BCUT2D eigenvalue weighted by atomic mass is 10.2. The van der Waals surface area contributed by atoms with E-state index in [-0.39, 0.29) is 0 Å². The summed E-state index contributed by atoms with van der Waals surface area (Å²) < 4.78 is 0. The molecule has 3 heteroatoms. The fraction of sp³-hybridized carbons (Fsp3) is 0.222. The van der Waals surface area contributed by atoms with Crippen LogP contribution in [0.5, 0.6) is 0 Å². The van der Waals surface area contributed by atoms with E-state index in [1.165, 1.54) is 0 Å². The average molecular weight is 159 g/mol. The molecule has 2 heterocycles. The van der Waals surface area contributed by atoms with Gasteiger partial charge in [-0.1, -0.05) is 0 Å². The van der Waals surface area contributed by atoms with E-state index in [2.05, 4.69) is 15.0 Å². The number of rotatable bonds is 0. The van der Waals surface area contributed by atoms with Crippen LogP contribution in [0.1, 0.15) is 11.3 Å². The zero-order valence-corrected chi connectivity index (χ0v) is 7.07. The quantitative estimate of drug-likeness (QED) is 0.586. The predicted octanol–water partition coefficient (Wildman–Crippen LogP) is 1.64. The van der Waals surface area contributed by atoms with Gasteiger partial charge < -0.3 is 0 Å². The second-order valence-electron chi connectivity index (χ2n) is 2.80. The van der Waals surface area contributed by atoms with E-state index in [9.17, 15) is 0 Å². The van der Waals surface area contributed by atoms with Gasteiger partial charge in [-0.15, -0.1) is 0 Å². The number of nitrogens with zero attached hydrogens (tertiary/aromatic N) is 3. The van der Waals surface area contributed by atoms with Gasteiger partial charge in [-0.3, -0.25) is 4.98 Å². The first-order chi connectivity index (χ1) is 5.79. The SMILES string of the molecule is Cc1ncc2cncnc2c1C. The van der Waals surface area contributed by atoms with E-state index >= 15 is 0 Å². The summed E-state index contributed by atoms with van der Waals surface area (Å²) in [5, 5.41) is 1.00. The summed E-state index contributed by atoms with van der Waals surface area (Å²) in [6, 6.07) is 0. The largest absolute Gasteiger partial charge is 0.260 e. The predicted molar refractivity (Wildman–Crippen MR) is 46.8 cm³/mol. The first-order valence-corrected chi connectivity index (χ1v) is 3.81. The number of hydrogen-bond donors (Lipinski definition) is 0. The molecule has 12 heavy (non-hydrogen) atoms. The lowest BCUT2D eigenvalue weighted by Crippen LogP contribution is -1.91. The standard InChI is InChI=1S/C9H9N3/c1-6-7(2)11-4-8-3-10-5-12-9(6)8/h3-5H,1-2H3. The van der Waals surface area contributed by atoms with Crippen LogP contribution in [0.2, 0.25) is 0 Å². The highest BCUT2D eigenvalue weighted by molar-refractivity contribution is 5.80. The molecule has 0 bridgehead atoms. The third-order valence-electron chi connectivity index (χ3n) is 2.04. The summed E-state index contributed by atoms with van der Waals surface area (Å²) in [6.07, 6.45) is 5.15. The molecule has 0 aliphatic carbocycles. The molecule has 2 rings (SSSR count). The summed E-state index contributed by atoms with van der Waals surface area (Å²) in [7, 11) is 0. The number of hydrogen-bond acceptors (Lipinski definition) is 3. The maximum absolute atomic E-state index is 4.23. The molecular weight excluding hydrogens is 150 g/mol. The van der Waals surface area contributed by atoms with Crippen molar-refractivity contribution >= 4 is 10.9 Å². The molecule has 0 aromatic carbocycles. The second-order valence-corrected chi connectivity index (χ2v) is 2.80. The van der Waals surface area contributed by atoms with Crippen LogP contribution in [-0.4, -0.2) is 15.0 Å². The van der Waals surface area contributed by atoms with E-state index in [4.69, 9.17) is 0 Å². The maximum Gasteiger partial charge on any atom is 0.116 e. The molecule has 0 amide bonds. The van der Waals surface area contributed by atoms with E-state index in [0.717, 1.165) is 22.2 Å². The van der Waals surface area contributed by atoms with Crippen LogP contribution in [0.25, 0.3) is 10.9 Å². The molecule has 0 N–H and O–H groups in total. The molecule has 2 aromatic rings. The van der Waals surface area contributed by atoms with Crippen molar-refractivity contribution in [1.29, 1.82) is 0 Å². The zero-order chi connectivity index (χ0) is 8.55. The Morgan fingerprint density at radius 3 is 2.75 bits per heavy atom. The third-order valence-corrected chi connectivity index (χ3v) is 2.04. The van der Waals surface area contributed by atoms with Gasteiger partial charge >= 0.3 is 0 Å². The molecule has 0 aliphatic heterocycles. The van der Waals surface area contributed by atoms with Gasteiger partial charge in [0.1, 0.15) is 6.33 Å². The topological polar surface area (TPSA) is 38.7 Å². The van der Waals surface area contributed by atoms with E-state index in [1.54, 1.807) is 18.7 Å². The van der Waals surface area contributed by atoms with Crippen molar-refractivity contribution in [1.82, 2.24) is 15.0 Å². The molecule has 0 aliphatic rings. The summed E-state index contributed by atoms with van der Waals surface area (Å²) in [5.74, 6) is 0. The highest BCUT2D eigenvalue weighted by atomic mass is 14.8. The van der Waals surface area contributed by atoms with Crippen LogP contribution < -0.4 is 0 Å². The average Bonchev–Trinajstić information content (AvgIpc) is 2.12. The number of fused-ring (bicyclic) bond motifs is 1. The Labute approximate surface area is 70.5 Å². The van der Waals surface area contributed by atoms with Crippen LogP contribution >= 0.6 is 0 Å². The van der Waals surface area contributed by atoms with Crippen molar-refractivity contribution in [2.24, 2.45) is 0 Å². The minimum Gasteiger partial charge on any atom is -0.260 e. The van der Waals surface area contributed by atoms with E-state index in [0.29, 0.717) is 0 Å². The van der Waals surface area contributed by atoms with Crippen LogP contribution in [0.3, 0.4) is 0 Å². The monoisotopic (exact) mass is 159 g/mol. The van der Waals surface area contributed by atoms with Gasteiger partial charge in [0.25, 0.3) is 0 Å². The summed E-state index contributed by atoms with van der Waals surface area (Å²) >= 11 is 0. The van der Waals surface area contributed by atoms with Crippen LogP contribution in [0.4, 0.5) is 0 Å². The first-order valence-electron chi connectivity index (χ1n) is 3.81. The summed E-state index contributed by atoms with van der Waals surface area (Å²) in [5.41, 5.74) is 3.16. The molecule has 0 unspecified atom stereocenters. The minimum atomic E-state index is 0.998. The van der Waals surface area contributed by atoms with E-state index < -0.39 is 0 Å². The molecule has 0 saturated carbocycles. The fourth-order valence-electron chi connectivity index (χ4n) is 1.18. The van der Waals surface area contributed by atoms with Gasteiger partial charge in [0.05, 0.1) is 5.52 Å². The van der Waals surface area contributed by atoms with Crippen molar-refractivity contribution in [2.75, 3.05) is 0 Å². The highest BCUT2D eigenvalue weighted by Crippen LogP contribution is 2.14. The van der Waals surface area contributed by atoms with Crippen molar-refractivity contribution in [3.05, 3.63) is 30.0 Å². The zero-order valence-electron chi connectivity index (χ0n) is 7.07. The number of pyridine rings is 1. The van der Waals surface area contributed by atoms with Gasteiger partial charge in [0.2, 0.25) is 0 Å². The van der Waals surface area contributed by atoms with Crippen molar-refractivity contribution in [3.63, 3.8) is 0 Å². The Balaban J connectivity index is 2.91. The Bertz CT molecular complexity index is 423. The normalized spacial score (nSPS) is 10.5. The second kappa shape index (κ2) is 2.52. The Kier molecular flexibility index (Phi) is 1.50. The Morgan fingerprint density at radius 1 is 1.08 bits per heavy atom. The van der Waals surface area contributed by atoms with Crippen LogP contribution in [0, 0.1) is 13.8 Å². The molecule has 60 valence electrons. The third kappa shape index (κ3) is 0.942. The Hall–Kier alpha value is -1.51. The number of aromatic nitrogens is 3. The molecule has 0 fully saturated rings. The highest BCUT2D eigenvalue weighted by Gasteiger charge is 2.00. The molecule has 0 radical (unpaired) electrons. The molecule has 3 nitrogen and oxygen atoms in total. The fourth-order valence-corrected chi connectivity index (χ4v) is 1.18.